The van der Waals surface area contributed by atoms with Crippen LogP contribution in [0.1, 0.15) is 24.2 Å². The van der Waals surface area contributed by atoms with E-state index in [0.29, 0.717) is 11.3 Å². The molecule has 2 N–H and O–H groups in total. The molecule has 0 aliphatic carbocycles. The Labute approximate surface area is 115 Å². The largest absolute Gasteiger partial charge is 0.480 e. The highest BCUT2D eigenvalue weighted by atomic mass is 32.2. The maximum Gasteiger partial charge on any atom is 0.316 e. The minimum Gasteiger partial charge on any atom is -0.480 e. The van der Waals surface area contributed by atoms with Crippen molar-refractivity contribution in [2.75, 3.05) is 11.1 Å². The predicted molar refractivity (Wildman–Crippen MR) is 74.6 cm³/mol. The quantitative estimate of drug-likeness (QED) is 0.779. The Morgan fingerprint density at radius 2 is 1.95 bits per heavy atom. The zero-order valence-electron chi connectivity index (χ0n) is 10.7. The van der Waals surface area contributed by atoms with Crippen molar-refractivity contribution in [1.29, 1.82) is 0 Å². The second-order valence-corrected chi connectivity index (χ2v) is 5.27. The Kier molecular flexibility index (Phi) is 5.57. The lowest BCUT2D eigenvalue weighted by Crippen LogP contribution is -2.20. The number of carbonyl (C=O) groups is 3. The molecular formula is C13H15NO4S. The summed E-state index contributed by atoms with van der Waals surface area (Å²) in [5.41, 5.74) is 0.885. The topological polar surface area (TPSA) is 83.5 Å². The first-order chi connectivity index (χ1) is 8.91. The number of ketones is 1. The lowest BCUT2D eigenvalue weighted by Gasteiger charge is -2.10. The molecule has 0 spiro atoms. The predicted octanol–water partition coefficient (Wildman–Crippen LogP) is 2.03. The molecule has 1 aromatic rings. The second kappa shape index (κ2) is 6.94. The summed E-state index contributed by atoms with van der Waals surface area (Å²) >= 11 is 1.03. The molecule has 1 rings (SSSR count). The monoisotopic (exact) mass is 281 g/mol. The highest BCUT2D eigenvalue weighted by molar-refractivity contribution is 8.01. The molecule has 5 nitrogen and oxygen atoms in total. The van der Waals surface area contributed by atoms with Gasteiger partial charge in [0.25, 0.3) is 0 Å². The molecule has 1 atom stereocenters. The maximum atomic E-state index is 11.7. The molecule has 1 unspecified atom stereocenters. The molecule has 0 aliphatic heterocycles. The minimum absolute atomic E-state index is 0.0275. The van der Waals surface area contributed by atoms with Gasteiger partial charge in [-0.25, -0.2) is 0 Å². The molecule has 0 saturated carbocycles. The summed E-state index contributed by atoms with van der Waals surface area (Å²) in [6, 6.07) is 6.70. The summed E-state index contributed by atoms with van der Waals surface area (Å²) in [6.07, 6.45) is 0. The molecule has 0 radical (unpaired) electrons. The fourth-order valence-corrected chi connectivity index (χ4v) is 1.97. The molecule has 1 amide bonds. The van der Waals surface area contributed by atoms with Gasteiger partial charge in [0, 0.05) is 5.56 Å². The number of amides is 1. The molecule has 1 aromatic carbocycles. The van der Waals surface area contributed by atoms with Crippen LogP contribution in [-0.2, 0) is 9.59 Å². The van der Waals surface area contributed by atoms with Gasteiger partial charge < -0.3 is 10.4 Å². The van der Waals surface area contributed by atoms with E-state index in [1.165, 1.54) is 13.8 Å². The number of aliphatic carboxylic acids is 1. The normalized spacial score (nSPS) is 11.7. The SMILES string of the molecule is CC(=O)c1ccccc1NC(=O)CSC(C)C(=O)O. The van der Waals surface area contributed by atoms with Crippen molar-refractivity contribution in [1.82, 2.24) is 0 Å². The average Bonchev–Trinajstić information content (AvgIpc) is 2.36. The summed E-state index contributed by atoms with van der Waals surface area (Å²) in [4.78, 5) is 33.7. The average molecular weight is 281 g/mol. The number of carboxylic acid groups (broad SMARTS) is 1. The van der Waals surface area contributed by atoms with Crippen LogP contribution in [-0.4, -0.2) is 33.8 Å². The number of Topliss-reactive ketones (excluding diaryl/α,β-unsaturated/α-hetero) is 1. The fraction of sp³-hybridized carbons (Fsp3) is 0.308. The number of hydrogen-bond acceptors (Lipinski definition) is 4. The number of thioether (sulfide) groups is 1. The summed E-state index contributed by atoms with van der Waals surface area (Å²) in [6.45, 7) is 2.94. The molecule has 102 valence electrons. The van der Waals surface area contributed by atoms with Crippen molar-refractivity contribution in [3.05, 3.63) is 29.8 Å². The molecular weight excluding hydrogens is 266 g/mol. The second-order valence-electron chi connectivity index (χ2n) is 3.94. The van der Waals surface area contributed by atoms with Crippen molar-refractivity contribution in [2.24, 2.45) is 0 Å². The van der Waals surface area contributed by atoms with Gasteiger partial charge in [-0.1, -0.05) is 12.1 Å². The first-order valence-corrected chi connectivity index (χ1v) is 6.71. The van der Waals surface area contributed by atoms with Gasteiger partial charge in [-0.05, 0) is 26.0 Å². The maximum absolute atomic E-state index is 11.7. The van der Waals surface area contributed by atoms with Gasteiger partial charge >= 0.3 is 5.97 Å². The number of benzene rings is 1. The number of hydrogen-bond donors (Lipinski definition) is 2. The molecule has 6 heteroatoms. The van der Waals surface area contributed by atoms with Gasteiger partial charge in [-0.15, -0.1) is 11.8 Å². The Morgan fingerprint density at radius 3 is 2.53 bits per heavy atom. The standard InChI is InChI=1S/C13H15NO4S/c1-8(15)10-5-3-4-6-11(10)14-12(16)7-19-9(2)13(17)18/h3-6,9H,7H2,1-2H3,(H,14,16)(H,17,18). The van der Waals surface area contributed by atoms with Crippen LogP contribution in [0.5, 0.6) is 0 Å². The van der Waals surface area contributed by atoms with E-state index < -0.39 is 11.2 Å². The Morgan fingerprint density at radius 1 is 1.32 bits per heavy atom. The molecule has 0 aromatic heterocycles. The van der Waals surface area contributed by atoms with Crippen molar-refractivity contribution < 1.29 is 19.5 Å². The minimum atomic E-state index is -0.957. The zero-order valence-corrected chi connectivity index (χ0v) is 11.5. The number of anilines is 1. The molecule has 19 heavy (non-hydrogen) atoms. The highest BCUT2D eigenvalue weighted by Crippen LogP contribution is 2.17. The molecule has 0 aliphatic rings. The van der Waals surface area contributed by atoms with E-state index in [1.807, 2.05) is 0 Å². The number of para-hydroxylation sites is 1. The van der Waals surface area contributed by atoms with Crippen LogP contribution in [0.4, 0.5) is 5.69 Å². The summed E-state index contributed by atoms with van der Waals surface area (Å²) in [5.74, 6) is -1.39. The smallest absolute Gasteiger partial charge is 0.316 e. The van der Waals surface area contributed by atoms with Crippen LogP contribution in [0.25, 0.3) is 0 Å². The highest BCUT2D eigenvalue weighted by Gasteiger charge is 2.14. The Balaban J connectivity index is 2.63. The van der Waals surface area contributed by atoms with E-state index in [0.717, 1.165) is 11.8 Å². The third-order valence-electron chi connectivity index (χ3n) is 2.39. The summed E-state index contributed by atoms with van der Waals surface area (Å²) in [7, 11) is 0. The van der Waals surface area contributed by atoms with E-state index in [4.69, 9.17) is 5.11 Å². The number of carbonyl (C=O) groups excluding carboxylic acids is 2. The van der Waals surface area contributed by atoms with Crippen LogP contribution in [0.2, 0.25) is 0 Å². The van der Waals surface area contributed by atoms with Crippen molar-refractivity contribution >= 4 is 35.1 Å². The number of nitrogens with one attached hydrogen (secondary N) is 1. The molecule has 0 bridgehead atoms. The van der Waals surface area contributed by atoms with Gasteiger partial charge in [0.1, 0.15) is 0 Å². The van der Waals surface area contributed by atoms with Gasteiger partial charge in [0.2, 0.25) is 5.91 Å². The zero-order chi connectivity index (χ0) is 14.4. The number of rotatable bonds is 6. The van der Waals surface area contributed by atoms with E-state index in [-0.39, 0.29) is 17.4 Å². The first kappa shape index (κ1) is 15.2. The lowest BCUT2D eigenvalue weighted by molar-refractivity contribution is -0.136. The summed E-state index contributed by atoms with van der Waals surface area (Å²) in [5, 5.41) is 10.7. The van der Waals surface area contributed by atoms with Crippen molar-refractivity contribution in [2.45, 2.75) is 19.1 Å². The Bertz CT molecular complexity index is 501. The first-order valence-electron chi connectivity index (χ1n) is 5.66. The van der Waals surface area contributed by atoms with Crippen LogP contribution in [0.3, 0.4) is 0 Å². The van der Waals surface area contributed by atoms with Crippen molar-refractivity contribution in [3.63, 3.8) is 0 Å². The molecule has 0 heterocycles. The van der Waals surface area contributed by atoms with Crippen LogP contribution in [0.15, 0.2) is 24.3 Å². The van der Waals surface area contributed by atoms with Crippen LogP contribution < -0.4 is 5.32 Å². The Hall–Kier alpha value is -1.82. The van der Waals surface area contributed by atoms with E-state index >= 15 is 0 Å². The van der Waals surface area contributed by atoms with E-state index in [1.54, 1.807) is 24.3 Å². The van der Waals surface area contributed by atoms with Crippen LogP contribution >= 0.6 is 11.8 Å². The molecule has 0 fully saturated rings. The fourth-order valence-electron chi connectivity index (χ4n) is 1.36. The van der Waals surface area contributed by atoms with Crippen molar-refractivity contribution in [3.8, 4) is 0 Å². The van der Waals surface area contributed by atoms with Gasteiger partial charge in [-0.3, -0.25) is 14.4 Å². The molecule has 0 saturated heterocycles. The summed E-state index contributed by atoms with van der Waals surface area (Å²) < 4.78 is 0. The van der Waals surface area contributed by atoms with Crippen LogP contribution in [0, 0.1) is 0 Å². The van der Waals surface area contributed by atoms with E-state index in [9.17, 15) is 14.4 Å². The van der Waals surface area contributed by atoms with Gasteiger partial charge in [0.15, 0.2) is 5.78 Å². The number of carboxylic acids is 1. The van der Waals surface area contributed by atoms with Gasteiger partial charge in [0.05, 0.1) is 16.7 Å². The van der Waals surface area contributed by atoms with Gasteiger partial charge in [-0.2, -0.15) is 0 Å². The third kappa shape index (κ3) is 4.75. The third-order valence-corrected chi connectivity index (χ3v) is 3.52. The lowest BCUT2D eigenvalue weighted by atomic mass is 10.1. The van der Waals surface area contributed by atoms with E-state index in [2.05, 4.69) is 5.32 Å².